The molecule has 0 radical (unpaired) electrons. The van der Waals surface area contributed by atoms with Crippen LogP contribution < -0.4 is 5.32 Å². The van der Waals surface area contributed by atoms with Crippen LogP contribution in [0.5, 0.6) is 0 Å². The Morgan fingerprint density at radius 3 is 3.12 bits per heavy atom. The predicted octanol–water partition coefficient (Wildman–Crippen LogP) is 3.14. The minimum absolute atomic E-state index is 0.811. The Labute approximate surface area is 107 Å². The normalized spacial score (nSPS) is 11.1. The topological polar surface area (TPSA) is 37.8 Å². The molecule has 3 heterocycles. The molecule has 17 heavy (non-hydrogen) atoms. The van der Waals surface area contributed by atoms with Crippen LogP contribution in [0, 0.1) is 0 Å². The third-order valence-corrected chi connectivity index (χ3v) is 3.98. The van der Waals surface area contributed by atoms with E-state index in [0.29, 0.717) is 0 Å². The number of rotatable bonds is 3. The molecule has 0 bridgehead atoms. The molecule has 0 aliphatic rings. The monoisotopic (exact) mass is 261 g/mol. The van der Waals surface area contributed by atoms with Crippen LogP contribution in [0.15, 0.2) is 28.4 Å². The Hall–Kier alpha value is -1.30. The van der Waals surface area contributed by atoms with Crippen molar-refractivity contribution < 1.29 is 0 Å². The van der Waals surface area contributed by atoms with Crippen LogP contribution in [0.3, 0.4) is 0 Å². The first kappa shape index (κ1) is 10.8. The van der Waals surface area contributed by atoms with E-state index in [1.165, 1.54) is 11.1 Å². The summed E-state index contributed by atoms with van der Waals surface area (Å²) >= 11 is 3.28. The van der Waals surface area contributed by atoms with E-state index in [2.05, 4.69) is 33.2 Å². The number of nitrogens with zero attached hydrogens (tertiary/aromatic N) is 2. The summed E-state index contributed by atoms with van der Waals surface area (Å²) in [7, 11) is 1.95. The third-order valence-electron chi connectivity index (χ3n) is 2.57. The molecular weight excluding hydrogens is 250 g/mol. The first-order valence-corrected chi connectivity index (χ1v) is 7.11. The SMILES string of the molecule is CNCc1cc2ncsc2nc1-c1ccsc1. The molecule has 0 saturated heterocycles. The fraction of sp³-hybridized carbons (Fsp3) is 0.167. The van der Waals surface area contributed by atoms with E-state index in [1.807, 2.05) is 12.6 Å². The summed E-state index contributed by atoms with van der Waals surface area (Å²) < 4.78 is 0. The summed E-state index contributed by atoms with van der Waals surface area (Å²) in [6.45, 7) is 0.811. The molecule has 0 aliphatic heterocycles. The molecule has 3 aromatic heterocycles. The summed E-state index contributed by atoms with van der Waals surface area (Å²) in [4.78, 5) is 10.0. The van der Waals surface area contributed by atoms with Crippen molar-refractivity contribution in [3.05, 3.63) is 34.0 Å². The molecule has 0 spiro atoms. The molecule has 3 aromatic rings. The minimum Gasteiger partial charge on any atom is -0.316 e. The molecular formula is C12H11N3S2. The first-order chi connectivity index (χ1) is 8.38. The average molecular weight is 261 g/mol. The zero-order chi connectivity index (χ0) is 11.7. The highest BCUT2D eigenvalue weighted by Gasteiger charge is 2.10. The predicted molar refractivity (Wildman–Crippen MR) is 73.5 cm³/mol. The van der Waals surface area contributed by atoms with Gasteiger partial charge in [0.05, 0.1) is 11.2 Å². The van der Waals surface area contributed by atoms with Crippen LogP contribution in [0.2, 0.25) is 0 Å². The second-order valence-electron chi connectivity index (χ2n) is 3.72. The van der Waals surface area contributed by atoms with Gasteiger partial charge in [0, 0.05) is 17.5 Å². The quantitative estimate of drug-likeness (QED) is 0.787. The van der Waals surface area contributed by atoms with Gasteiger partial charge in [0.15, 0.2) is 0 Å². The number of thiophene rings is 1. The molecule has 0 atom stereocenters. The van der Waals surface area contributed by atoms with Crippen LogP contribution in [0.25, 0.3) is 21.6 Å². The Balaban J connectivity index is 2.22. The lowest BCUT2D eigenvalue weighted by Gasteiger charge is -2.06. The number of thiazole rings is 1. The van der Waals surface area contributed by atoms with Gasteiger partial charge >= 0.3 is 0 Å². The lowest BCUT2D eigenvalue weighted by Crippen LogP contribution is -2.07. The molecule has 0 unspecified atom stereocenters. The van der Waals surface area contributed by atoms with Gasteiger partial charge in [-0.3, -0.25) is 0 Å². The highest BCUT2D eigenvalue weighted by molar-refractivity contribution is 7.16. The van der Waals surface area contributed by atoms with Crippen molar-refractivity contribution in [1.29, 1.82) is 0 Å². The van der Waals surface area contributed by atoms with Crippen molar-refractivity contribution in [2.45, 2.75) is 6.54 Å². The number of fused-ring (bicyclic) bond motifs is 1. The minimum atomic E-state index is 0.811. The van der Waals surface area contributed by atoms with Gasteiger partial charge < -0.3 is 5.32 Å². The van der Waals surface area contributed by atoms with Gasteiger partial charge in [0.1, 0.15) is 10.3 Å². The van der Waals surface area contributed by atoms with E-state index in [-0.39, 0.29) is 0 Å². The molecule has 0 saturated carbocycles. The van der Waals surface area contributed by atoms with Gasteiger partial charge in [-0.15, -0.1) is 11.3 Å². The maximum atomic E-state index is 4.72. The maximum Gasteiger partial charge on any atom is 0.143 e. The fourth-order valence-electron chi connectivity index (χ4n) is 1.81. The standard InChI is InChI=1S/C12H11N3S2/c1-13-5-9-4-10-12(17-7-14-10)15-11(9)8-2-3-16-6-8/h2-4,6-7,13H,5H2,1H3. The van der Waals surface area contributed by atoms with Crippen LogP contribution >= 0.6 is 22.7 Å². The number of aromatic nitrogens is 2. The molecule has 0 aliphatic carbocycles. The van der Waals surface area contributed by atoms with E-state index in [4.69, 9.17) is 4.98 Å². The third kappa shape index (κ3) is 1.97. The molecule has 86 valence electrons. The van der Waals surface area contributed by atoms with Crippen molar-refractivity contribution in [3.63, 3.8) is 0 Å². The molecule has 5 heteroatoms. The Kier molecular flexibility index (Phi) is 2.88. The van der Waals surface area contributed by atoms with Gasteiger partial charge in [-0.05, 0) is 30.1 Å². The van der Waals surface area contributed by atoms with Gasteiger partial charge in [0.25, 0.3) is 0 Å². The lowest BCUT2D eigenvalue weighted by molar-refractivity contribution is 0.817. The number of pyridine rings is 1. The van der Waals surface area contributed by atoms with Gasteiger partial charge in [-0.1, -0.05) is 0 Å². The van der Waals surface area contributed by atoms with E-state index in [9.17, 15) is 0 Å². The molecule has 0 aromatic carbocycles. The molecule has 3 rings (SSSR count). The summed E-state index contributed by atoms with van der Waals surface area (Å²) in [5.74, 6) is 0. The second kappa shape index (κ2) is 4.52. The number of hydrogen-bond donors (Lipinski definition) is 1. The molecule has 3 nitrogen and oxygen atoms in total. The summed E-state index contributed by atoms with van der Waals surface area (Å²) in [5.41, 5.74) is 6.29. The first-order valence-electron chi connectivity index (χ1n) is 5.29. The highest BCUT2D eigenvalue weighted by Crippen LogP contribution is 2.28. The van der Waals surface area contributed by atoms with Gasteiger partial charge in [0.2, 0.25) is 0 Å². The molecule has 1 N–H and O–H groups in total. The maximum absolute atomic E-state index is 4.72. The zero-order valence-electron chi connectivity index (χ0n) is 9.30. The van der Waals surface area contributed by atoms with Gasteiger partial charge in [-0.2, -0.15) is 11.3 Å². The van der Waals surface area contributed by atoms with Crippen LogP contribution in [-0.2, 0) is 6.54 Å². The lowest BCUT2D eigenvalue weighted by atomic mass is 10.1. The average Bonchev–Trinajstić information content (AvgIpc) is 2.98. The van der Waals surface area contributed by atoms with Crippen LogP contribution in [0.1, 0.15) is 5.56 Å². The molecule has 0 amide bonds. The highest BCUT2D eigenvalue weighted by atomic mass is 32.1. The van der Waals surface area contributed by atoms with Crippen molar-refractivity contribution >= 4 is 33.0 Å². The number of hydrogen-bond acceptors (Lipinski definition) is 5. The van der Waals surface area contributed by atoms with Crippen molar-refractivity contribution in [2.75, 3.05) is 7.05 Å². The fourth-order valence-corrected chi connectivity index (χ4v) is 3.10. The summed E-state index contributed by atoms with van der Waals surface area (Å²) in [5, 5.41) is 7.40. The van der Waals surface area contributed by atoms with E-state index < -0.39 is 0 Å². The zero-order valence-corrected chi connectivity index (χ0v) is 10.9. The summed E-state index contributed by atoms with van der Waals surface area (Å²) in [6, 6.07) is 4.24. The summed E-state index contributed by atoms with van der Waals surface area (Å²) in [6.07, 6.45) is 0. The Bertz CT molecular complexity index is 628. The smallest absolute Gasteiger partial charge is 0.143 e. The van der Waals surface area contributed by atoms with E-state index in [0.717, 1.165) is 22.6 Å². The van der Waals surface area contributed by atoms with E-state index in [1.54, 1.807) is 22.7 Å². The largest absolute Gasteiger partial charge is 0.316 e. The molecule has 0 fully saturated rings. The Morgan fingerprint density at radius 2 is 2.35 bits per heavy atom. The van der Waals surface area contributed by atoms with Crippen molar-refractivity contribution in [1.82, 2.24) is 15.3 Å². The van der Waals surface area contributed by atoms with Gasteiger partial charge in [-0.25, -0.2) is 9.97 Å². The van der Waals surface area contributed by atoms with E-state index >= 15 is 0 Å². The van der Waals surface area contributed by atoms with Crippen LogP contribution in [-0.4, -0.2) is 17.0 Å². The van der Waals surface area contributed by atoms with Crippen molar-refractivity contribution in [3.8, 4) is 11.3 Å². The second-order valence-corrected chi connectivity index (χ2v) is 5.33. The van der Waals surface area contributed by atoms with Crippen molar-refractivity contribution in [2.24, 2.45) is 0 Å². The Morgan fingerprint density at radius 1 is 1.41 bits per heavy atom. The number of nitrogens with one attached hydrogen (secondary N) is 1. The van der Waals surface area contributed by atoms with Crippen LogP contribution in [0.4, 0.5) is 0 Å².